The van der Waals surface area contributed by atoms with E-state index < -0.39 is 0 Å². The number of amides is 1. The maximum atomic E-state index is 13.0. The fourth-order valence-electron chi connectivity index (χ4n) is 4.14. The Bertz CT molecular complexity index is 1290. The molecule has 7 heteroatoms. The number of rotatable bonds is 11. The van der Waals surface area contributed by atoms with Crippen LogP contribution in [-0.4, -0.2) is 36.2 Å². The number of carbonyl (C=O) groups is 1. The van der Waals surface area contributed by atoms with Gasteiger partial charge >= 0.3 is 0 Å². The number of ether oxygens (including phenoxy) is 2. The molecule has 0 fully saturated rings. The third-order valence-electron chi connectivity index (χ3n) is 6.31. The topological polar surface area (TPSA) is 65.4 Å². The summed E-state index contributed by atoms with van der Waals surface area (Å²) in [6, 6.07) is 18.0. The van der Waals surface area contributed by atoms with E-state index in [1.807, 2.05) is 49.4 Å². The summed E-state index contributed by atoms with van der Waals surface area (Å²) in [5.41, 5.74) is 5.73. The van der Waals surface area contributed by atoms with Crippen LogP contribution < -0.4 is 14.8 Å². The summed E-state index contributed by atoms with van der Waals surface area (Å²) in [7, 11) is 3.33. The first-order valence-corrected chi connectivity index (χ1v) is 13.1. The molecular formula is C29H33N3O3S. The number of aryl methyl sites for hydroxylation is 1. The van der Waals surface area contributed by atoms with Crippen LogP contribution in [0, 0.1) is 6.92 Å². The van der Waals surface area contributed by atoms with Crippen LogP contribution in [0.25, 0.3) is 22.0 Å². The zero-order chi connectivity index (χ0) is 25.5. The molecule has 0 aliphatic heterocycles. The van der Waals surface area contributed by atoms with Crippen LogP contribution in [0.5, 0.6) is 11.5 Å². The molecule has 4 aromatic rings. The van der Waals surface area contributed by atoms with Crippen LogP contribution in [-0.2, 0) is 13.0 Å². The SMILES string of the molecule is CCCCNC(=O)c1cc(-c2csc(-c3ccc(OC)cc3)n2)n(CCc2ccc(OC)cc2)c1C. The molecule has 0 aliphatic rings. The summed E-state index contributed by atoms with van der Waals surface area (Å²) < 4.78 is 12.8. The van der Waals surface area contributed by atoms with Crippen molar-refractivity contribution < 1.29 is 14.3 Å². The number of benzene rings is 2. The predicted molar refractivity (Wildman–Crippen MR) is 146 cm³/mol. The van der Waals surface area contributed by atoms with Gasteiger partial charge in [0, 0.05) is 29.7 Å². The van der Waals surface area contributed by atoms with Gasteiger partial charge in [-0.1, -0.05) is 25.5 Å². The van der Waals surface area contributed by atoms with E-state index >= 15 is 0 Å². The van der Waals surface area contributed by atoms with Gasteiger partial charge in [0.25, 0.3) is 5.91 Å². The number of methoxy groups -OCH3 is 2. The first kappa shape index (κ1) is 25.5. The number of hydrogen-bond acceptors (Lipinski definition) is 5. The van der Waals surface area contributed by atoms with Gasteiger partial charge < -0.3 is 19.4 Å². The smallest absolute Gasteiger partial charge is 0.253 e. The third-order valence-corrected chi connectivity index (χ3v) is 7.21. The van der Waals surface area contributed by atoms with Gasteiger partial charge in [0.1, 0.15) is 16.5 Å². The molecular weight excluding hydrogens is 470 g/mol. The highest BCUT2D eigenvalue weighted by molar-refractivity contribution is 7.13. The summed E-state index contributed by atoms with van der Waals surface area (Å²) in [5, 5.41) is 6.06. The molecule has 2 heterocycles. The van der Waals surface area contributed by atoms with Crippen molar-refractivity contribution in [2.45, 2.75) is 39.7 Å². The average Bonchev–Trinajstić information content (AvgIpc) is 3.53. The number of nitrogens with zero attached hydrogens (tertiary/aromatic N) is 2. The number of nitrogens with one attached hydrogen (secondary N) is 1. The lowest BCUT2D eigenvalue weighted by Gasteiger charge is -2.12. The van der Waals surface area contributed by atoms with Crippen molar-refractivity contribution in [2.75, 3.05) is 20.8 Å². The highest BCUT2D eigenvalue weighted by atomic mass is 32.1. The second-order valence-electron chi connectivity index (χ2n) is 8.65. The van der Waals surface area contributed by atoms with Crippen molar-refractivity contribution in [3.8, 4) is 33.5 Å². The molecule has 0 unspecified atom stereocenters. The second-order valence-corrected chi connectivity index (χ2v) is 9.51. The van der Waals surface area contributed by atoms with E-state index in [-0.39, 0.29) is 5.91 Å². The standard InChI is InChI=1S/C29H33N3O3S/c1-5-6-16-30-28(33)25-18-27(26-19-36-29(31-26)22-9-13-24(35-4)14-10-22)32(20(25)2)17-15-21-7-11-23(34-3)12-8-21/h7-14,18-19H,5-6,15-17H2,1-4H3,(H,30,33). The Morgan fingerprint density at radius 1 is 1.03 bits per heavy atom. The quantitative estimate of drug-likeness (QED) is 0.241. The summed E-state index contributed by atoms with van der Waals surface area (Å²) >= 11 is 1.60. The van der Waals surface area contributed by atoms with E-state index in [0.29, 0.717) is 12.1 Å². The van der Waals surface area contributed by atoms with Gasteiger partial charge in [-0.2, -0.15) is 0 Å². The van der Waals surface area contributed by atoms with Crippen LogP contribution in [0.15, 0.2) is 60.0 Å². The molecule has 36 heavy (non-hydrogen) atoms. The average molecular weight is 504 g/mol. The Morgan fingerprint density at radius 2 is 1.69 bits per heavy atom. The minimum atomic E-state index is -0.0315. The van der Waals surface area contributed by atoms with Gasteiger partial charge in [-0.3, -0.25) is 4.79 Å². The Balaban J connectivity index is 1.64. The lowest BCUT2D eigenvalue weighted by Crippen LogP contribution is -2.24. The van der Waals surface area contributed by atoms with Gasteiger partial charge in [-0.25, -0.2) is 4.98 Å². The Labute approximate surface area is 216 Å². The molecule has 1 N–H and O–H groups in total. The molecule has 0 saturated heterocycles. The second kappa shape index (κ2) is 11.9. The maximum Gasteiger partial charge on any atom is 0.253 e. The molecule has 0 radical (unpaired) electrons. The number of aromatic nitrogens is 2. The summed E-state index contributed by atoms with van der Waals surface area (Å²) in [6.07, 6.45) is 2.84. The van der Waals surface area contributed by atoms with E-state index in [1.54, 1.807) is 25.6 Å². The molecule has 0 aliphatic carbocycles. The van der Waals surface area contributed by atoms with Gasteiger partial charge in [0.05, 0.1) is 31.2 Å². The van der Waals surface area contributed by atoms with Crippen molar-refractivity contribution in [3.63, 3.8) is 0 Å². The van der Waals surface area contributed by atoms with Crippen LogP contribution in [0.4, 0.5) is 0 Å². The number of thiazole rings is 1. The summed E-state index contributed by atoms with van der Waals surface area (Å²) in [4.78, 5) is 17.9. The zero-order valence-corrected chi connectivity index (χ0v) is 22.2. The minimum absolute atomic E-state index is 0.0315. The first-order chi connectivity index (χ1) is 17.5. The molecule has 2 aromatic heterocycles. The molecule has 188 valence electrons. The number of hydrogen-bond donors (Lipinski definition) is 1. The predicted octanol–water partition coefficient (Wildman–Crippen LogP) is 6.38. The molecule has 0 bridgehead atoms. The Kier molecular flexibility index (Phi) is 8.44. The first-order valence-electron chi connectivity index (χ1n) is 12.3. The van der Waals surface area contributed by atoms with E-state index in [4.69, 9.17) is 14.5 Å². The summed E-state index contributed by atoms with van der Waals surface area (Å²) in [5.74, 6) is 1.63. The van der Waals surface area contributed by atoms with Crippen molar-refractivity contribution in [3.05, 3.63) is 76.8 Å². The minimum Gasteiger partial charge on any atom is -0.497 e. The van der Waals surface area contributed by atoms with Crippen molar-refractivity contribution in [2.24, 2.45) is 0 Å². The van der Waals surface area contributed by atoms with Crippen molar-refractivity contribution >= 4 is 17.2 Å². The fraction of sp³-hybridized carbons (Fsp3) is 0.310. The van der Waals surface area contributed by atoms with Crippen molar-refractivity contribution in [1.82, 2.24) is 14.9 Å². The lowest BCUT2D eigenvalue weighted by molar-refractivity contribution is 0.0952. The Hall–Kier alpha value is -3.58. The van der Waals surface area contributed by atoms with Crippen molar-refractivity contribution in [1.29, 1.82) is 0 Å². The Morgan fingerprint density at radius 3 is 2.33 bits per heavy atom. The molecule has 0 saturated carbocycles. The van der Waals surface area contributed by atoms with E-state index in [0.717, 1.165) is 65.0 Å². The normalized spacial score (nSPS) is 10.9. The molecule has 0 spiro atoms. The molecule has 0 atom stereocenters. The van der Waals surface area contributed by atoms with Gasteiger partial charge in [0.2, 0.25) is 0 Å². The maximum absolute atomic E-state index is 13.0. The van der Waals surface area contributed by atoms with Gasteiger partial charge in [-0.05, 0) is 67.8 Å². The highest BCUT2D eigenvalue weighted by Gasteiger charge is 2.20. The summed E-state index contributed by atoms with van der Waals surface area (Å²) in [6.45, 7) is 5.56. The lowest BCUT2D eigenvalue weighted by atomic mass is 10.1. The van der Waals surface area contributed by atoms with Crippen LogP contribution in [0.2, 0.25) is 0 Å². The van der Waals surface area contributed by atoms with Crippen LogP contribution in [0.1, 0.15) is 41.4 Å². The van der Waals surface area contributed by atoms with E-state index in [9.17, 15) is 4.79 Å². The van der Waals surface area contributed by atoms with E-state index in [2.05, 4.69) is 34.3 Å². The highest BCUT2D eigenvalue weighted by Crippen LogP contribution is 2.32. The molecule has 4 rings (SSSR count). The number of unbranched alkanes of at least 4 members (excludes halogenated alkanes) is 1. The largest absolute Gasteiger partial charge is 0.497 e. The zero-order valence-electron chi connectivity index (χ0n) is 21.3. The molecule has 6 nitrogen and oxygen atoms in total. The molecule has 2 aromatic carbocycles. The number of carbonyl (C=O) groups excluding carboxylic acids is 1. The fourth-order valence-corrected chi connectivity index (χ4v) is 4.96. The van der Waals surface area contributed by atoms with E-state index in [1.165, 1.54) is 5.56 Å². The van der Waals surface area contributed by atoms with Gasteiger partial charge in [0.15, 0.2) is 0 Å². The van der Waals surface area contributed by atoms with Gasteiger partial charge in [-0.15, -0.1) is 11.3 Å². The monoisotopic (exact) mass is 503 g/mol. The third kappa shape index (κ3) is 5.79. The van der Waals surface area contributed by atoms with Crippen LogP contribution in [0.3, 0.4) is 0 Å². The van der Waals surface area contributed by atoms with Crippen LogP contribution >= 0.6 is 11.3 Å². The molecule has 1 amide bonds.